The van der Waals surface area contributed by atoms with Crippen LogP contribution in [-0.2, 0) is 0 Å². The summed E-state index contributed by atoms with van der Waals surface area (Å²) < 4.78 is 51.7. The number of hydrogen-bond donors (Lipinski definition) is 2. The van der Waals surface area contributed by atoms with Gasteiger partial charge in [-0.2, -0.15) is 5.26 Å². The number of nitrogen functional groups attached to an aromatic ring is 1. The fraction of sp³-hybridized carbons (Fsp3) is 0.414. The predicted molar refractivity (Wildman–Crippen MR) is 158 cm³/mol. The summed E-state index contributed by atoms with van der Waals surface area (Å²) in [4.78, 5) is 12.9. The van der Waals surface area contributed by atoms with Crippen LogP contribution < -0.4 is 20.7 Å². The minimum Gasteiger partial charge on any atom is -0.475 e. The zero-order valence-corrected chi connectivity index (χ0v) is 24.2. The van der Waals surface area contributed by atoms with E-state index in [0.29, 0.717) is 24.0 Å². The molecular formula is C29H27ClF3N7OS. The Morgan fingerprint density at radius 2 is 1.98 bits per heavy atom. The lowest BCUT2D eigenvalue weighted by molar-refractivity contribution is 0.193. The molecule has 2 aromatic carbocycles. The van der Waals surface area contributed by atoms with Crippen LogP contribution in [0.1, 0.15) is 24.8 Å². The van der Waals surface area contributed by atoms with Gasteiger partial charge in [0.15, 0.2) is 10.9 Å². The van der Waals surface area contributed by atoms with Gasteiger partial charge in [0.1, 0.15) is 35.7 Å². The van der Waals surface area contributed by atoms with Crippen molar-refractivity contribution in [2.75, 3.05) is 43.9 Å². The zero-order chi connectivity index (χ0) is 29.3. The first-order valence-corrected chi connectivity index (χ1v) is 15.0. The number of likely N-dealkylation sites (N-methyl/N-ethyl adjacent to an activating group) is 1. The van der Waals surface area contributed by atoms with E-state index in [0.717, 1.165) is 37.3 Å². The van der Waals surface area contributed by atoms with Crippen LogP contribution in [0.25, 0.3) is 32.2 Å². The molecule has 0 amide bonds. The van der Waals surface area contributed by atoms with E-state index in [9.17, 15) is 14.0 Å². The topological polar surface area (TPSA) is 103 Å². The highest BCUT2D eigenvalue weighted by Crippen LogP contribution is 2.47. The number of anilines is 2. The summed E-state index contributed by atoms with van der Waals surface area (Å²) in [7, 11) is 1.82. The number of nitriles is 1. The Balaban J connectivity index is 1.45. The Morgan fingerprint density at radius 3 is 2.67 bits per heavy atom. The fourth-order valence-corrected chi connectivity index (χ4v) is 7.79. The molecule has 3 aliphatic rings. The predicted octanol–water partition coefficient (Wildman–Crippen LogP) is 5.26. The van der Waals surface area contributed by atoms with Gasteiger partial charge in [-0.05, 0) is 44.5 Å². The smallest absolute Gasteiger partial charge is 0.234 e. The number of nitrogens with zero attached hydrogens (tertiary/aromatic N) is 5. The summed E-state index contributed by atoms with van der Waals surface area (Å²) in [5.74, 6) is -1.27. The van der Waals surface area contributed by atoms with Crippen LogP contribution in [-0.4, -0.2) is 72.5 Å². The molecule has 0 saturated carbocycles. The van der Waals surface area contributed by atoms with Crippen LogP contribution in [0.15, 0.2) is 18.2 Å². The van der Waals surface area contributed by atoms with E-state index in [-0.39, 0.29) is 73.2 Å². The highest BCUT2D eigenvalue weighted by molar-refractivity contribution is 7.22. The Labute approximate surface area is 248 Å². The third-order valence-electron chi connectivity index (χ3n) is 8.69. The van der Waals surface area contributed by atoms with Gasteiger partial charge < -0.3 is 20.7 Å². The van der Waals surface area contributed by atoms with Gasteiger partial charge in [-0.15, -0.1) is 0 Å². The van der Waals surface area contributed by atoms with Crippen LogP contribution in [0, 0.1) is 23.0 Å². The average Bonchev–Trinajstić information content (AvgIpc) is 3.58. The minimum atomic E-state index is -0.968. The zero-order valence-electron chi connectivity index (χ0n) is 22.6. The van der Waals surface area contributed by atoms with E-state index < -0.39 is 17.8 Å². The molecule has 3 fully saturated rings. The van der Waals surface area contributed by atoms with Crippen LogP contribution in [0.5, 0.6) is 5.88 Å². The lowest BCUT2D eigenvalue weighted by atomic mass is 9.98. The maximum absolute atomic E-state index is 16.8. The van der Waals surface area contributed by atoms with Crippen molar-refractivity contribution in [2.45, 2.75) is 43.6 Å². The molecule has 5 heterocycles. The lowest BCUT2D eigenvalue weighted by Crippen LogP contribution is -2.52. The van der Waals surface area contributed by atoms with Crippen molar-refractivity contribution in [1.29, 1.82) is 5.26 Å². The van der Waals surface area contributed by atoms with Gasteiger partial charge in [0, 0.05) is 54.3 Å². The molecule has 42 heavy (non-hydrogen) atoms. The van der Waals surface area contributed by atoms with E-state index in [1.54, 1.807) is 6.07 Å². The van der Waals surface area contributed by atoms with E-state index >= 15 is 4.39 Å². The summed E-state index contributed by atoms with van der Waals surface area (Å²) >= 11 is 7.77. The van der Waals surface area contributed by atoms with E-state index in [4.69, 9.17) is 22.1 Å². The number of pyridine rings is 1. The molecule has 0 spiro atoms. The number of nitrogens with two attached hydrogens (primary N) is 1. The van der Waals surface area contributed by atoms with Crippen molar-refractivity contribution in [3.05, 3.63) is 40.4 Å². The van der Waals surface area contributed by atoms with Crippen molar-refractivity contribution in [3.63, 3.8) is 0 Å². The van der Waals surface area contributed by atoms with Crippen molar-refractivity contribution in [1.82, 2.24) is 20.2 Å². The summed E-state index contributed by atoms with van der Waals surface area (Å²) in [6.45, 7) is 1.83. The molecule has 0 aliphatic carbocycles. The molecule has 3 aliphatic heterocycles. The van der Waals surface area contributed by atoms with Crippen LogP contribution in [0.3, 0.4) is 0 Å². The number of thiazole rings is 1. The molecule has 4 atom stereocenters. The molecule has 7 rings (SSSR count). The number of aromatic nitrogens is 2. The minimum absolute atomic E-state index is 0.00709. The third-order valence-corrected chi connectivity index (χ3v) is 9.88. The number of piperazine rings is 1. The second-order valence-electron chi connectivity index (χ2n) is 11.2. The van der Waals surface area contributed by atoms with Gasteiger partial charge in [-0.25, -0.2) is 23.1 Å². The first kappa shape index (κ1) is 27.5. The number of halogens is 4. The van der Waals surface area contributed by atoms with Crippen molar-refractivity contribution >= 4 is 54.9 Å². The molecule has 3 N–H and O–H groups in total. The number of ether oxygens (including phenoxy) is 1. The van der Waals surface area contributed by atoms with E-state index in [2.05, 4.69) is 26.3 Å². The summed E-state index contributed by atoms with van der Waals surface area (Å²) in [5.41, 5.74) is 7.07. The number of hydrogen-bond acceptors (Lipinski definition) is 9. The first-order chi connectivity index (χ1) is 20.2. The van der Waals surface area contributed by atoms with Gasteiger partial charge in [0.25, 0.3) is 0 Å². The molecule has 2 aromatic heterocycles. The Hall–Kier alpha value is -3.37. The van der Waals surface area contributed by atoms with E-state index in [1.165, 1.54) is 12.1 Å². The Morgan fingerprint density at radius 1 is 1.21 bits per heavy atom. The fourth-order valence-electron chi connectivity index (χ4n) is 6.73. The standard InChI is InChI=1S/C29H27ClF3N7OS/c1-39-11-13(31)6-16(39)12-41-28-19(8-34)26(40-14-2-3-15(40)10-36-9-14)18-7-20(30)22(23(33)24(18)37-28)17-4-5-21(32)27-25(17)38-29(35)42-27/h4-5,7,13-16,36H,2-3,6,9-12H2,1H3,(H2,35,38)/t13-,14-,15+,16+/m1/s1. The summed E-state index contributed by atoms with van der Waals surface area (Å²) in [6.07, 6.45) is 1.16. The number of likely N-dealkylation sites (tertiary alicyclic amines) is 1. The summed E-state index contributed by atoms with van der Waals surface area (Å²) in [6, 6.07) is 6.53. The van der Waals surface area contributed by atoms with Gasteiger partial charge >= 0.3 is 0 Å². The normalized spacial score (nSPS) is 24.1. The second-order valence-corrected chi connectivity index (χ2v) is 12.6. The highest BCUT2D eigenvalue weighted by Gasteiger charge is 2.40. The molecule has 218 valence electrons. The molecule has 0 radical (unpaired) electrons. The maximum Gasteiger partial charge on any atom is 0.234 e. The third kappa shape index (κ3) is 4.33. The Kier molecular flexibility index (Phi) is 6.81. The monoisotopic (exact) mass is 613 g/mol. The number of fused-ring (bicyclic) bond motifs is 4. The Bertz CT molecular complexity index is 1760. The maximum atomic E-state index is 16.8. The van der Waals surface area contributed by atoms with Crippen molar-refractivity contribution in [3.8, 4) is 23.1 Å². The van der Waals surface area contributed by atoms with Gasteiger partial charge in [-0.1, -0.05) is 22.9 Å². The SMILES string of the molecule is CN1C[C@H](F)C[C@H]1COc1nc2c(F)c(-c3ccc(F)c4sc(N)nc34)c(Cl)cc2c(N2[C@@H]3CC[C@H]2CNC3)c1C#N. The number of rotatable bonds is 5. The molecule has 0 unspecified atom stereocenters. The second kappa shape index (κ2) is 10.4. The molecular weight excluding hydrogens is 587 g/mol. The van der Waals surface area contributed by atoms with E-state index in [1.807, 2.05) is 11.9 Å². The molecule has 4 aromatic rings. The van der Waals surface area contributed by atoms with Crippen LogP contribution in [0.2, 0.25) is 5.02 Å². The molecule has 2 bridgehead atoms. The molecule has 13 heteroatoms. The average molecular weight is 614 g/mol. The van der Waals surface area contributed by atoms with Crippen molar-refractivity contribution < 1.29 is 17.9 Å². The van der Waals surface area contributed by atoms with Crippen LogP contribution >= 0.6 is 22.9 Å². The van der Waals surface area contributed by atoms with Gasteiger partial charge in [-0.3, -0.25) is 4.90 Å². The van der Waals surface area contributed by atoms with Gasteiger partial charge in [0.05, 0.1) is 20.9 Å². The summed E-state index contributed by atoms with van der Waals surface area (Å²) in [5, 5.41) is 14.5. The highest BCUT2D eigenvalue weighted by atomic mass is 35.5. The van der Waals surface area contributed by atoms with Crippen molar-refractivity contribution in [2.24, 2.45) is 0 Å². The first-order valence-electron chi connectivity index (χ1n) is 13.8. The van der Waals surface area contributed by atoms with Crippen LogP contribution in [0.4, 0.5) is 24.0 Å². The number of alkyl halides is 1. The number of benzene rings is 2. The van der Waals surface area contributed by atoms with Gasteiger partial charge in [0.2, 0.25) is 5.88 Å². The largest absolute Gasteiger partial charge is 0.475 e. The quantitative estimate of drug-likeness (QED) is 0.314. The lowest BCUT2D eigenvalue weighted by Gasteiger charge is -2.38. The molecule has 3 saturated heterocycles. The molecule has 8 nitrogen and oxygen atoms in total. The number of nitrogens with one attached hydrogen (secondary N) is 1.